The molecule has 0 aliphatic carbocycles. The minimum atomic E-state index is -2.82. The second-order valence-corrected chi connectivity index (χ2v) is 5.27. The number of ether oxygens (including phenoxy) is 1. The van der Waals surface area contributed by atoms with Gasteiger partial charge in [-0.25, -0.2) is 0 Å². The highest BCUT2D eigenvalue weighted by Crippen LogP contribution is 2.18. The van der Waals surface area contributed by atoms with E-state index in [1.54, 1.807) is 12.1 Å². The molecule has 5 nitrogen and oxygen atoms in total. The van der Waals surface area contributed by atoms with Gasteiger partial charge in [0.2, 0.25) is 0 Å². The third-order valence-electron chi connectivity index (χ3n) is 3.41. The van der Waals surface area contributed by atoms with Crippen LogP contribution in [0.15, 0.2) is 24.3 Å². The first-order chi connectivity index (χ1) is 10.6. The van der Waals surface area contributed by atoms with Gasteiger partial charge in [-0.3, -0.25) is 4.90 Å². The third kappa shape index (κ3) is 5.04. The number of hydrogen-bond acceptors (Lipinski definition) is 4. The van der Waals surface area contributed by atoms with E-state index in [1.807, 2.05) is 4.90 Å². The standard InChI is InChI=1S/C14H19F2N3O2S/c15-13(16)21-12-3-1-11(2-4-12)17-14(22)19-7-5-18(6-8-19)9-10-20/h1-4,13,20H,5-10H2,(H,17,22). The summed E-state index contributed by atoms with van der Waals surface area (Å²) in [5.74, 6) is 0.115. The summed E-state index contributed by atoms with van der Waals surface area (Å²) in [6.07, 6.45) is 0. The Morgan fingerprint density at radius 2 is 1.86 bits per heavy atom. The molecule has 0 amide bonds. The van der Waals surface area contributed by atoms with Crippen molar-refractivity contribution in [2.45, 2.75) is 6.61 Å². The fourth-order valence-corrected chi connectivity index (χ4v) is 2.54. The number of aliphatic hydroxyl groups excluding tert-OH is 1. The van der Waals surface area contributed by atoms with E-state index in [-0.39, 0.29) is 12.4 Å². The van der Waals surface area contributed by atoms with Crippen LogP contribution in [-0.2, 0) is 0 Å². The Morgan fingerprint density at radius 3 is 2.41 bits per heavy atom. The highest BCUT2D eigenvalue weighted by Gasteiger charge is 2.18. The van der Waals surface area contributed by atoms with E-state index in [4.69, 9.17) is 17.3 Å². The minimum Gasteiger partial charge on any atom is -0.435 e. The first-order valence-electron chi connectivity index (χ1n) is 7.02. The van der Waals surface area contributed by atoms with Crippen LogP contribution in [0.1, 0.15) is 0 Å². The molecule has 2 rings (SSSR count). The molecule has 1 aromatic rings. The molecule has 0 bridgehead atoms. The van der Waals surface area contributed by atoms with E-state index in [9.17, 15) is 8.78 Å². The lowest BCUT2D eigenvalue weighted by Gasteiger charge is -2.35. The number of hydrogen-bond donors (Lipinski definition) is 2. The van der Waals surface area contributed by atoms with E-state index in [1.165, 1.54) is 12.1 Å². The molecule has 1 saturated heterocycles. The van der Waals surface area contributed by atoms with Crippen molar-refractivity contribution >= 4 is 23.0 Å². The van der Waals surface area contributed by atoms with Crippen LogP contribution >= 0.6 is 12.2 Å². The molecule has 1 aliphatic rings. The van der Waals surface area contributed by atoms with Crippen LogP contribution in [0.5, 0.6) is 5.75 Å². The molecule has 1 aliphatic heterocycles. The van der Waals surface area contributed by atoms with Crippen molar-refractivity contribution in [3.8, 4) is 5.75 Å². The maximum Gasteiger partial charge on any atom is 0.387 e. The topological polar surface area (TPSA) is 48.0 Å². The molecule has 1 heterocycles. The van der Waals surface area contributed by atoms with Gasteiger partial charge in [0.1, 0.15) is 5.75 Å². The van der Waals surface area contributed by atoms with Crippen molar-refractivity contribution in [1.82, 2.24) is 9.80 Å². The Bertz CT molecular complexity index is 479. The van der Waals surface area contributed by atoms with Crippen molar-refractivity contribution in [2.24, 2.45) is 0 Å². The summed E-state index contributed by atoms with van der Waals surface area (Å²) in [5.41, 5.74) is 0.726. The van der Waals surface area contributed by atoms with E-state index in [0.29, 0.717) is 11.7 Å². The van der Waals surface area contributed by atoms with Crippen molar-refractivity contribution in [3.63, 3.8) is 0 Å². The molecule has 0 radical (unpaired) electrons. The van der Waals surface area contributed by atoms with Gasteiger partial charge in [-0.2, -0.15) is 8.78 Å². The van der Waals surface area contributed by atoms with Crippen molar-refractivity contribution in [3.05, 3.63) is 24.3 Å². The summed E-state index contributed by atoms with van der Waals surface area (Å²) in [7, 11) is 0. The van der Waals surface area contributed by atoms with Crippen LogP contribution in [0.3, 0.4) is 0 Å². The van der Waals surface area contributed by atoms with Gasteiger partial charge in [0, 0.05) is 38.4 Å². The molecular formula is C14H19F2N3O2S. The maximum absolute atomic E-state index is 12.1. The Labute approximate surface area is 133 Å². The summed E-state index contributed by atoms with van der Waals surface area (Å²) in [5, 5.41) is 12.6. The molecule has 22 heavy (non-hydrogen) atoms. The third-order valence-corrected chi connectivity index (χ3v) is 3.77. The number of rotatable bonds is 5. The highest BCUT2D eigenvalue weighted by atomic mass is 32.1. The second-order valence-electron chi connectivity index (χ2n) is 4.89. The number of aliphatic hydroxyl groups is 1. The Hall–Kier alpha value is -1.51. The van der Waals surface area contributed by atoms with Gasteiger partial charge in [-0.15, -0.1) is 0 Å². The Morgan fingerprint density at radius 1 is 1.23 bits per heavy atom. The van der Waals surface area contributed by atoms with Gasteiger partial charge in [-0.1, -0.05) is 0 Å². The van der Waals surface area contributed by atoms with Crippen molar-refractivity contribution < 1.29 is 18.6 Å². The number of β-amino-alcohol motifs (C(OH)–C–C–N with tert-alkyl or cyclic N) is 1. The second kappa shape index (κ2) is 8.21. The number of benzene rings is 1. The lowest BCUT2D eigenvalue weighted by Crippen LogP contribution is -2.50. The number of halogens is 2. The average molecular weight is 331 g/mol. The monoisotopic (exact) mass is 331 g/mol. The fourth-order valence-electron chi connectivity index (χ4n) is 2.24. The average Bonchev–Trinajstić information content (AvgIpc) is 2.50. The van der Waals surface area contributed by atoms with E-state index >= 15 is 0 Å². The highest BCUT2D eigenvalue weighted by molar-refractivity contribution is 7.80. The predicted octanol–water partition coefficient (Wildman–Crippen LogP) is 1.59. The smallest absolute Gasteiger partial charge is 0.387 e. The summed E-state index contributed by atoms with van der Waals surface area (Å²) < 4.78 is 28.4. The first kappa shape index (κ1) is 16.9. The van der Waals surface area contributed by atoms with Crippen LogP contribution < -0.4 is 10.1 Å². The number of anilines is 1. The molecule has 0 atom stereocenters. The van der Waals surface area contributed by atoms with Gasteiger partial charge in [0.05, 0.1) is 6.61 Å². The minimum absolute atomic E-state index is 0.115. The summed E-state index contributed by atoms with van der Waals surface area (Å²) in [4.78, 5) is 4.22. The van der Waals surface area contributed by atoms with Gasteiger partial charge in [0.15, 0.2) is 5.11 Å². The SMILES string of the molecule is OCCN1CCN(C(=S)Nc2ccc(OC(F)F)cc2)CC1. The van der Waals surface area contributed by atoms with Crippen LogP contribution in [-0.4, -0.2) is 66.0 Å². The van der Waals surface area contributed by atoms with Gasteiger partial charge < -0.3 is 20.1 Å². The lowest BCUT2D eigenvalue weighted by molar-refractivity contribution is -0.0498. The molecule has 0 spiro atoms. The van der Waals surface area contributed by atoms with Crippen LogP contribution in [0.25, 0.3) is 0 Å². The molecule has 2 N–H and O–H groups in total. The molecule has 0 aromatic heterocycles. The summed E-state index contributed by atoms with van der Waals surface area (Å²) >= 11 is 5.36. The zero-order valence-corrected chi connectivity index (χ0v) is 12.9. The molecular weight excluding hydrogens is 312 g/mol. The molecule has 1 aromatic carbocycles. The molecule has 1 fully saturated rings. The molecule has 8 heteroatoms. The summed E-state index contributed by atoms with van der Waals surface area (Å²) in [6, 6.07) is 6.23. The molecule has 0 saturated carbocycles. The Kier molecular flexibility index (Phi) is 6.29. The fraction of sp³-hybridized carbons (Fsp3) is 0.500. The number of alkyl halides is 2. The van der Waals surface area contributed by atoms with Crippen molar-refractivity contribution in [2.75, 3.05) is 44.6 Å². The van der Waals surface area contributed by atoms with Crippen LogP contribution in [0.2, 0.25) is 0 Å². The summed E-state index contributed by atoms with van der Waals surface area (Å²) in [6.45, 7) is 1.30. The number of piperazine rings is 1. The van der Waals surface area contributed by atoms with Gasteiger partial charge in [-0.05, 0) is 36.5 Å². The van der Waals surface area contributed by atoms with E-state index < -0.39 is 6.61 Å². The number of nitrogens with one attached hydrogen (secondary N) is 1. The predicted molar refractivity (Wildman–Crippen MR) is 84.4 cm³/mol. The van der Waals surface area contributed by atoms with Gasteiger partial charge >= 0.3 is 6.61 Å². The quantitative estimate of drug-likeness (QED) is 0.799. The lowest BCUT2D eigenvalue weighted by atomic mass is 10.3. The van der Waals surface area contributed by atoms with Gasteiger partial charge in [0.25, 0.3) is 0 Å². The van der Waals surface area contributed by atoms with Crippen LogP contribution in [0.4, 0.5) is 14.5 Å². The zero-order valence-electron chi connectivity index (χ0n) is 12.0. The van der Waals surface area contributed by atoms with E-state index in [0.717, 1.165) is 31.9 Å². The zero-order chi connectivity index (χ0) is 15.9. The largest absolute Gasteiger partial charge is 0.435 e. The maximum atomic E-state index is 12.1. The van der Waals surface area contributed by atoms with E-state index in [2.05, 4.69) is 15.0 Å². The van der Waals surface area contributed by atoms with Crippen molar-refractivity contribution in [1.29, 1.82) is 0 Å². The van der Waals surface area contributed by atoms with Crippen LogP contribution in [0, 0.1) is 0 Å². The number of thiocarbonyl (C=S) groups is 1. The molecule has 122 valence electrons. The first-order valence-corrected chi connectivity index (χ1v) is 7.43. The normalized spacial score (nSPS) is 15.9. The molecule has 0 unspecified atom stereocenters. The number of nitrogens with zero attached hydrogens (tertiary/aromatic N) is 2. The Balaban J connectivity index is 1.82.